The molecule has 0 aliphatic carbocycles. The number of nitrogens with two attached hydrogens (primary N) is 1. The highest BCUT2D eigenvalue weighted by atomic mass is 16.6. The fourth-order valence-electron chi connectivity index (χ4n) is 3.77. The van der Waals surface area contributed by atoms with Gasteiger partial charge >= 0.3 is 5.97 Å². The number of hydrogen-bond donors (Lipinski definition) is 3. The number of azide groups is 1. The number of aromatic nitrogens is 4. The molecule has 0 saturated carbocycles. The summed E-state index contributed by atoms with van der Waals surface area (Å²) in [7, 11) is 0. The van der Waals surface area contributed by atoms with E-state index < -0.39 is 24.2 Å². The highest BCUT2D eigenvalue weighted by Crippen LogP contribution is 2.33. The summed E-state index contributed by atoms with van der Waals surface area (Å²) in [6.45, 7) is 2.02. The number of aromatic hydroxyl groups is 1. The molecule has 3 heterocycles. The molecule has 1 aliphatic heterocycles. The van der Waals surface area contributed by atoms with Crippen molar-refractivity contribution in [2.45, 2.75) is 44.6 Å². The van der Waals surface area contributed by atoms with Gasteiger partial charge in [-0.1, -0.05) is 11.2 Å². The molecule has 1 saturated heterocycles. The van der Waals surface area contributed by atoms with Crippen molar-refractivity contribution in [3.63, 3.8) is 0 Å². The number of anilines is 1. The minimum Gasteiger partial charge on any atom is -0.507 e. The third-order valence-electron chi connectivity index (χ3n) is 5.54. The van der Waals surface area contributed by atoms with Crippen LogP contribution in [-0.4, -0.2) is 55.3 Å². The van der Waals surface area contributed by atoms with Gasteiger partial charge in [0.1, 0.15) is 29.9 Å². The lowest BCUT2D eigenvalue weighted by Crippen LogP contribution is -2.27. The van der Waals surface area contributed by atoms with Gasteiger partial charge in [-0.3, -0.25) is 14.2 Å². The Kier molecular flexibility index (Phi) is 6.94. The van der Waals surface area contributed by atoms with Crippen LogP contribution >= 0.6 is 0 Å². The second-order valence-corrected chi connectivity index (χ2v) is 7.89. The Hall–Kier alpha value is -4.42. The van der Waals surface area contributed by atoms with E-state index in [2.05, 4.69) is 30.3 Å². The van der Waals surface area contributed by atoms with Crippen LogP contribution in [0.1, 0.15) is 42.8 Å². The number of carbonyl (C=O) groups is 2. The van der Waals surface area contributed by atoms with Gasteiger partial charge in [-0.05, 0) is 31.0 Å². The number of rotatable bonds is 8. The fraction of sp³-hybridized carbons (Fsp3) is 0.381. The van der Waals surface area contributed by atoms with Crippen molar-refractivity contribution in [1.82, 2.24) is 24.8 Å². The van der Waals surface area contributed by atoms with Gasteiger partial charge in [0.2, 0.25) is 0 Å². The molecule has 14 heteroatoms. The second kappa shape index (κ2) is 10.2. The molecule has 3 aromatic rings. The molecule has 0 radical (unpaired) electrons. The van der Waals surface area contributed by atoms with Crippen LogP contribution in [0.25, 0.3) is 21.6 Å². The number of nitrogen functional groups attached to an aromatic ring is 1. The molecule has 3 atom stereocenters. The van der Waals surface area contributed by atoms with Crippen molar-refractivity contribution in [3.8, 4) is 5.75 Å². The van der Waals surface area contributed by atoms with Crippen LogP contribution in [0.5, 0.6) is 5.75 Å². The largest absolute Gasteiger partial charge is 0.507 e. The van der Waals surface area contributed by atoms with Crippen LogP contribution in [0.3, 0.4) is 0 Å². The number of phenols is 1. The van der Waals surface area contributed by atoms with Crippen molar-refractivity contribution >= 4 is 34.5 Å². The molecule has 182 valence electrons. The molecular weight excluding hydrogens is 458 g/mol. The number of imidazole rings is 1. The summed E-state index contributed by atoms with van der Waals surface area (Å²) < 4.78 is 13.3. The maximum absolute atomic E-state index is 12.3. The molecular formula is C21H23N9O5. The Morgan fingerprint density at radius 1 is 1.40 bits per heavy atom. The smallest absolute Gasteiger partial charge is 0.306 e. The van der Waals surface area contributed by atoms with E-state index in [1.54, 1.807) is 10.9 Å². The molecule has 2 aromatic heterocycles. The molecule has 14 nitrogen and oxygen atoms in total. The summed E-state index contributed by atoms with van der Waals surface area (Å²) in [6.07, 6.45) is 2.57. The number of fused-ring (bicyclic) bond motifs is 1. The first-order chi connectivity index (χ1) is 16.9. The van der Waals surface area contributed by atoms with E-state index in [1.165, 1.54) is 24.5 Å². The Labute approximate surface area is 198 Å². The molecule has 1 fully saturated rings. The van der Waals surface area contributed by atoms with Crippen molar-refractivity contribution < 1.29 is 24.2 Å². The average Bonchev–Trinajstić information content (AvgIpc) is 3.41. The molecule has 1 aliphatic rings. The quantitative estimate of drug-likeness (QED) is 0.142. The number of phenolic OH excluding ortho intramolecular Hbond substituents is 1. The van der Waals surface area contributed by atoms with Gasteiger partial charge in [-0.15, -0.1) is 0 Å². The van der Waals surface area contributed by atoms with Gasteiger partial charge in [-0.25, -0.2) is 15.0 Å². The Morgan fingerprint density at radius 2 is 2.23 bits per heavy atom. The SMILES string of the molecule is C[C@H]1O[C@@H](n2cnc3c(N)ncnc32)C[C@@H]1OC(=O)CCCNC(=O)c1ccc(N=[N+]=[N-])cc1O. The van der Waals surface area contributed by atoms with Gasteiger partial charge in [0.25, 0.3) is 5.91 Å². The number of ether oxygens (including phenoxy) is 2. The molecule has 4 rings (SSSR count). The summed E-state index contributed by atoms with van der Waals surface area (Å²) in [4.78, 5) is 39.6. The van der Waals surface area contributed by atoms with Gasteiger partial charge in [0, 0.05) is 30.0 Å². The first kappa shape index (κ1) is 23.7. The predicted octanol–water partition coefficient (Wildman–Crippen LogP) is 2.49. The highest BCUT2D eigenvalue weighted by molar-refractivity contribution is 5.97. The van der Waals surface area contributed by atoms with Gasteiger partial charge in [0.15, 0.2) is 11.5 Å². The molecule has 0 spiro atoms. The zero-order chi connectivity index (χ0) is 24.9. The number of carbonyl (C=O) groups excluding carboxylic acids is 2. The second-order valence-electron chi connectivity index (χ2n) is 7.89. The zero-order valence-electron chi connectivity index (χ0n) is 18.7. The minimum absolute atomic E-state index is 0.0338. The van der Waals surface area contributed by atoms with Crippen LogP contribution in [-0.2, 0) is 14.3 Å². The van der Waals surface area contributed by atoms with E-state index in [9.17, 15) is 14.7 Å². The lowest BCUT2D eigenvalue weighted by Gasteiger charge is -2.14. The molecule has 35 heavy (non-hydrogen) atoms. The van der Waals surface area contributed by atoms with Gasteiger partial charge in [0.05, 0.1) is 18.0 Å². The summed E-state index contributed by atoms with van der Waals surface area (Å²) >= 11 is 0. The minimum atomic E-state index is -0.513. The third-order valence-corrected chi connectivity index (χ3v) is 5.54. The van der Waals surface area contributed by atoms with Crippen molar-refractivity contribution in [1.29, 1.82) is 0 Å². The van der Waals surface area contributed by atoms with Crippen LogP contribution in [0, 0.1) is 0 Å². The first-order valence-electron chi connectivity index (χ1n) is 10.8. The number of hydrogen-bond acceptors (Lipinski definition) is 10. The highest BCUT2D eigenvalue weighted by Gasteiger charge is 2.36. The van der Waals surface area contributed by atoms with Crippen LogP contribution < -0.4 is 11.1 Å². The van der Waals surface area contributed by atoms with Crippen LogP contribution in [0.2, 0.25) is 0 Å². The zero-order valence-corrected chi connectivity index (χ0v) is 18.7. The van der Waals surface area contributed by atoms with Gasteiger partial charge < -0.3 is 25.6 Å². The summed E-state index contributed by atoms with van der Waals surface area (Å²) in [5.41, 5.74) is 15.5. The Balaban J connectivity index is 1.24. The lowest BCUT2D eigenvalue weighted by atomic mass is 10.1. The normalized spacial score (nSPS) is 19.3. The molecule has 0 bridgehead atoms. The first-order valence-corrected chi connectivity index (χ1v) is 10.8. The Morgan fingerprint density at radius 3 is 3.00 bits per heavy atom. The summed E-state index contributed by atoms with van der Waals surface area (Å²) in [6, 6.07) is 3.96. The number of esters is 1. The standard InChI is InChI=1S/C21H23N9O5/c1-11-15(8-16(34-11)30-10-27-18-19(22)25-9-26-20(18)30)35-17(32)3-2-6-24-21(33)13-5-4-12(28-29-23)7-14(13)31/h4-5,7,9-11,15-16,31H,2-3,6,8H2,1H3,(H,24,33)(H2,22,25,26)/t11-,15+,16-/m1/s1. The molecule has 0 unspecified atom stereocenters. The monoisotopic (exact) mass is 481 g/mol. The van der Waals surface area contributed by atoms with E-state index >= 15 is 0 Å². The molecule has 1 amide bonds. The van der Waals surface area contributed by atoms with E-state index in [4.69, 9.17) is 20.7 Å². The average molecular weight is 481 g/mol. The predicted molar refractivity (Wildman–Crippen MR) is 122 cm³/mol. The van der Waals surface area contributed by atoms with E-state index in [-0.39, 0.29) is 41.9 Å². The summed E-state index contributed by atoms with van der Waals surface area (Å²) in [5.74, 6) is -0.961. The van der Waals surface area contributed by atoms with Gasteiger partial charge in [-0.2, -0.15) is 0 Å². The van der Waals surface area contributed by atoms with Crippen molar-refractivity contribution in [2.75, 3.05) is 12.3 Å². The van der Waals surface area contributed by atoms with E-state index in [0.717, 1.165) is 0 Å². The van der Waals surface area contributed by atoms with Crippen molar-refractivity contribution in [2.24, 2.45) is 5.11 Å². The van der Waals surface area contributed by atoms with E-state index in [0.29, 0.717) is 24.0 Å². The lowest BCUT2D eigenvalue weighted by molar-refractivity contribution is -0.151. The topological polar surface area (TPSA) is 203 Å². The number of nitrogens with zero attached hydrogens (tertiary/aromatic N) is 7. The van der Waals surface area contributed by atoms with Crippen LogP contribution in [0.15, 0.2) is 36.0 Å². The van der Waals surface area contributed by atoms with E-state index in [1.807, 2.05) is 6.92 Å². The maximum atomic E-state index is 12.3. The third kappa shape index (κ3) is 5.23. The van der Waals surface area contributed by atoms with Crippen molar-refractivity contribution in [3.05, 3.63) is 46.9 Å². The Bertz CT molecular complexity index is 1300. The summed E-state index contributed by atoms with van der Waals surface area (Å²) in [5, 5.41) is 15.9. The number of nitrogens with one attached hydrogen (secondary N) is 1. The number of benzene rings is 1. The van der Waals surface area contributed by atoms with Crippen LogP contribution in [0.4, 0.5) is 11.5 Å². The number of amides is 1. The molecule has 4 N–H and O–H groups in total. The molecule has 1 aromatic carbocycles. The maximum Gasteiger partial charge on any atom is 0.306 e. The fourth-order valence-corrected chi connectivity index (χ4v) is 3.77.